The third-order valence-electron chi connectivity index (χ3n) is 3.81. The summed E-state index contributed by atoms with van der Waals surface area (Å²) in [5.41, 5.74) is -0.356. The summed E-state index contributed by atoms with van der Waals surface area (Å²) in [6.45, 7) is 6.79. The highest BCUT2D eigenvalue weighted by atomic mass is 19.1. The Morgan fingerprint density at radius 1 is 1.41 bits per heavy atom. The molecule has 0 unspecified atom stereocenters. The lowest BCUT2D eigenvalue weighted by Crippen LogP contribution is -2.34. The first-order valence-electron chi connectivity index (χ1n) is 8.78. The van der Waals surface area contributed by atoms with Crippen LogP contribution in [0.25, 0.3) is 0 Å². The Bertz CT molecular complexity index is 646. The van der Waals surface area contributed by atoms with Crippen molar-refractivity contribution in [2.45, 2.75) is 38.9 Å². The fourth-order valence-corrected chi connectivity index (χ4v) is 2.45. The number of nitrogens with zero attached hydrogens (tertiary/aromatic N) is 3. The zero-order valence-corrected chi connectivity index (χ0v) is 16.2. The molecule has 1 aromatic heterocycles. The maximum Gasteiger partial charge on any atom is 0.407 e. The van der Waals surface area contributed by atoms with E-state index in [9.17, 15) is 9.18 Å². The number of ether oxygens (including phenoxy) is 3. The first-order valence-corrected chi connectivity index (χ1v) is 8.78. The van der Waals surface area contributed by atoms with Crippen LogP contribution in [0.15, 0.2) is 24.3 Å². The number of nitrogens with one attached hydrogen (secondary N) is 1. The zero-order valence-electron chi connectivity index (χ0n) is 16.2. The van der Waals surface area contributed by atoms with Crippen molar-refractivity contribution in [3.05, 3.63) is 24.3 Å². The molecule has 1 aromatic rings. The standard InChI is InChI=1S/C18H27FN4O4/c1-18(2,3)27-17(24)22-8-13(7-19)12-26-15-9-20-16(21-10-15)23-6-5-14(11-23)25-4/h7,9-10,14H,5-6,8,11-12H2,1-4H3,(H,22,24)/b13-7+/t14-/m0/s1. The summed E-state index contributed by atoms with van der Waals surface area (Å²) in [5, 5.41) is 2.48. The molecule has 27 heavy (non-hydrogen) atoms. The molecule has 150 valence electrons. The SMILES string of the molecule is CO[C@H]1CCN(c2ncc(OC/C(=C/F)CNC(=O)OC(C)(C)C)cn2)C1. The summed E-state index contributed by atoms with van der Waals surface area (Å²) in [4.78, 5) is 22.2. The van der Waals surface area contributed by atoms with Crippen molar-refractivity contribution >= 4 is 12.0 Å². The number of aromatic nitrogens is 2. The third-order valence-corrected chi connectivity index (χ3v) is 3.81. The maximum absolute atomic E-state index is 13.0. The molecular formula is C18H27FN4O4. The lowest BCUT2D eigenvalue weighted by Gasteiger charge is -2.20. The molecule has 1 aliphatic rings. The highest BCUT2D eigenvalue weighted by Gasteiger charge is 2.23. The average molecular weight is 382 g/mol. The van der Waals surface area contributed by atoms with Crippen molar-refractivity contribution in [1.82, 2.24) is 15.3 Å². The molecule has 8 nitrogen and oxygen atoms in total. The van der Waals surface area contributed by atoms with Gasteiger partial charge in [-0.1, -0.05) is 0 Å². The van der Waals surface area contributed by atoms with E-state index in [2.05, 4.69) is 15.3 Å². The summed E-state index contributed by atoms with van der Waals surface area (Å²) < 4.78 is 28.9. The van der Waals surface area contributed by atoms with Crippen molar-refractivity contribution in [2.75, 3.05) is 38.3 Å². The van der Waals surface area contributed by atoms with Crippen molar-refractivity contribution in [3.8, 4) is 5.75 Å². The predicted molar refractivity (Wildman–Crippen MR) is 98.6 cm³/mol. The van der Waals surface area contributed by atoms with Gasteiger partial charge in [-0.25, -0.2) is 19.2 Å². The van der Waals surface area contributed by atoms with Crippen molar-refractivity contribution in [1.29, 1.82) is 0 Å². The maximum atomic E-state index is 13.0. The van der Waals surface area contributed by atoms with E-state index >= 15 is 0 Å². The second-order valence-corrected chi connectivity index (χ2v) is 7.22. The Morgan fingerprint density at radius 3 is 2.67 bits per heavy atom. The smallest absolute Gasteiger partial charge is 0.407 e. The largest absolute Gasteiger partial charge is 0.486 e. The zero-order chi connectivity index (χ0) is 19.9. The van der Waals surface area contributed by atoms with Gasteiger partial charge < -0.3 is 24.4 Å². The molecule has 0 bridgehead atoms. The number of alkyl carbamates (subject to hydrolysis) is 1. The molecule has 0 saturated carbocycles. The second kappa shape index (κ2) is 9.50. The molecule has 1 aliphatic heterocycles. The van der Waals surface area contributed by atoms with Gasteiger partial charge in [-0.15, -0.1) is 0 Å². The van der Waals surface area contributed by atoms with Gasteiger partial charge in [0.05, 0.1) is 24.8 Å². The topological polar surface area (TPSA) is 85.8 Å². The number of methoxy groups -OCH3 is 1. The highest BCUT2D eigenvalue weighted by molar-refractivity contribution is 5.68. The van der Waals surface area contributed by atoms with Crippen LogP contribution < -0.4 is 15.0 Å². The Hall–Kier alpha value is -2.42. The van der Waals surface area contributed by atoms with Crippen LogP contribution in [0.5, 0.6) is 5.75 Å². The normalized spacial score (nSPS) is 17.7. The first-order chi connectivity index (χ1) is 12.8. The molecule has 1 atom stereocenters. The number of rotatable bonds is 7. The summed E-state index contributed by atoms with van der Waals surface area (Å²) in [7, 11) is 1.69. The van der Waals surface area contributed by atoms with Crippen LogP contribution in [0.4, 0.5) is 15.1 Å². The Labute approximate surface area is 158 Å². The quantitative estimate of drug-likeness (QED) is 0.775. The van der Waals surface area contributed by atoms with Gasteiger partial charge in [-0.3, -0.25) is 0 Å². The minimum atomic E-state index is -0.616. The van der Waals surface area contributed by atoms with Crippen LogP contribution in [-0.2, 0) is 9.47 Å². The molecule has 1 fully saturated rings. The molecular weight excluding hydrogens is 355 g/mol. The van der Waals surface area contributed by atoms with Gasteiger partial charge in [0.25, 0.3) is 0 Å². The van der Waals surface area contributed by atoms with E-state index in [1.807, 2.05) is 4.90 Å². The van der Waals surface area contributed by atoms with E-state index in [1.165, 1.54) is 0 Å². The number of anilines is 1. The molecule has 0 radical (unpaired) electrons. The number of halogens is 1. The molecule has 1 saturated heterocycles. The van der Waals surface area contributed by atoms with Crippen LogP contribution >= 0.6 is 0 Å². The molecule has 0 spiro atoms. The van der Waals surface area contributed by atoms with Gasteiger partial charge in [0.1, 0.15) is 12.2 Å². The van der Waals surface area contributed by atoms with Crippen molar-refractivity contribution in [3.63, 3.8) is 0 Å². The number of hydrogen-bond acceptors (Lipinski definition) is 7. The van der Waals surface area contributed by atoms with E-state index in [1.54, 1.807) is 40.3 Å². The van der Waals surface area contributed by atoms with Crippen LogP contribution in [0.2, 0.25) is 0 Å². The molecule has 1 amide bonds. The van der Waals surface area contributed by atoms with Crippen molar-refractivity contribution in [2.24, 2.45) is 0 Å². The van der Waals surface area contributed by atoms with E-state index in [-0.39, 0.29) is 24.8 Å². The van der Waals surface area contributed by atoms with Gasteiger partial charge in [-0.2, -0.15) is 0 Å². The van der Waals surface area contributed by atoms with E-state index in [0.717, 1.165) is 19.5 Å². The molecule has 0 aromatic carbocycles. The summed E-state index contributed by atoms with van der Waals surface area (Å²) in [6.07, 6.45) is 4.00. The lowest BCUT2D eigenvalue weighted by atomic mass is 10.2. The minimum Gasteiger partial charge on any atom is -0.486 e. The third kappa shape index (κ3) is 7.01. The van der Waals surface area contributed by atoms with Crippen molar-refractivity contribution < 1.29 is 23.4 Å². The number of amides is 1. The average Bonchev–Trinajstić information content (AvgIpc) is 3.10. The van der Waals surface area contributed by atoms with Gasteiger partial charge in [0, 0.05) is 32.3 Å². The Balaban J connectivity index is 1.78. The van der Waals surface area contributed by atoms with Gasteiger partial charge >= 0.3 is 6.09 Å². The van der Waals surface area contributed by atoms with Gasteiger partial charge in [0.2, 0.25) is 5.95 Å². The monoisotopic (exact) mass is 382 g/mol. The van der Waals surface area contributed by atoms with Crippen LogP contribution in [-0.4, -0.2) is 61.1 Å². The molecule has 2 rings (SSSR count). The van der Waals surface area contributed by atoms with Gasteiger partial charge in [-0.05, 0) is 27.2 Å². The summed E-state index contributed by atoms with van der Waals surface area (Å²) >= 11 is 0. The van der Waals surface area contributed by atoms with E-state index < -0.39 is 11.7 Å². The van der Waals surface area contributed by atoms with E-state index in [4.69, 9.17) is 14.2 Å². The van der Waals surface area contributed by atoms with Crippen LogP contribution in [0, 0.1) is 0 Å². The Kier molecular flexibility index (Phi) is 7.35. The molecule has 1 N–H and O–H groups in total. The van der Waals surface area contributed by atoms with Gasteiger partial charge in [0.15, 0.2) is 5.75 Å². The molecule has 0 aliphatic carbocycles. The molecule has 9 heteroatoms. The first kappa shape index (κ1) is 20.9. The van der Waals surface area contributed by atoms with E-state index in [0.29, 0.717) is 18.0 Å². The summed E-state index contributed by atoms with van der Waals surface area (Å²) in [5.74, 6) is 1.02. The number of hydrogen-bond donors (Lipinski definition) is 1. The second-order valence-electron chi connectivity index (χ2n) is 7.22. The Morgan fingerprint density at radius 2 is 2.11 bits per heavy atom. The molecule has 2 heterocycles. The number of carbonyl (C=O) groups excluding carboxylic acids is 1. The van der Waals surface area contributed by atoms with Crippen LogP contribution in [0.3, 0.4) is 0 Å². The number of carbonyl (C=O) groups is 1. The van der Waals surface area contributed by atoms with Crippen LogP contribution in [0.1, 0.15) is 27.2 Å². The summed E-state index contributed by atoms with van der Waals surface area (Å²) in [6, 6.07) is 0. The minimum absolute atomic E-state index is 0.0173. The fourth-order valence-electron chi connectivity index (χ4n) is 2.45. The predicted octanol–water partition coefficient (Wildman–Crippen LogP) is 2.46. The lowest BCUT2D eigenvalue weighted by molar-refractivity contribution is 0.0531. The fraction of sp³-hybridized carbons (Fsp3) is 0.611. The highest BCUT2D eigenvalue weighted by Crippen LogP contribution is 2.19.